The predicted octanol–water partition coefficient (Wildman–Crippen LogP) is 4.13. The van der Waals surface area contributed by atoms with Gasteiger partial charge in [-0.3, -0.25) is 4.79 Å². The number of carbonyl (C=O) groups is 1. The molecule has 2 aliphatic carbocycles. The fourth-order valence-electron chi connectivity index (χ4n) is 4.42. The molecule has 1 saturated heterocycles. The third-order valence-electron chi connectivity index (χ3n) is 5.95. The lowest BCUT2D eigenvalue weighted by Crippen LogP contribution is -2.45. The zero-order valence-electron chi connectivity index (χ0n) is 13.3. The smallest absolute Gasteiger partial charge is 0.276 e. The van der Waals surface area contributed by atoms with Crippen molar-refractivity contribution in [2.75, 3.05) is 6.54 Å². The molecule has 0 aromatic carbocycles. The van der Waals surface area contributed by atoms with Crippen molar-refractivity contribution < 1.29 is 9.21 Å². The maximum atomic E-state index is 13.0. The third-order valence-corrected chi connectivity index (χ3v) is 5.95. The van der Waals surface area contributed by atoms with Gasteiger partial charge in [-0.05, 0) is 44.4 Å². The molecule has 4 heteroatoms. The molecule has 3 fully saturated rings. The van der Waals surface area contributed by atoms with Gasteiger partial charge in [-0.1, -0.05) is 25.7 Å². The summed E-state index contributed by atoms with van der Waals surface area (Å²) in [6.45, 7) is 0.894. The summed E-state index contributed by atoms with van der Waals surface area (Å²) >= 11 is 0. The highest BCUT2D eigenvalue weighted by Crippen LogP contribution is 2.37. The molecule has 0 bridgehead atoms. The van der Waals surface area contributed by atoms with Gasteiger partial charge in [-0.15, -0.1) is 0 Å². The van der Waals surface area contributed by atoms with Gasteiger partial charge >= 0.3 is 0 Å². The summed E-state index contributed by atoms with van der Waals surface area (Å²) in [7, 11) is 0. The molecule has 120 valence electrons. The van der Waals surface area contributed by atoms with E-state index in [1.54, 1.807) is 6.26 Å². The van der Waals surface area contributed by atoms with E-state index >= 15 is 0 Å². The van der Waals surface area contributed by atoms with E-state index in [4.69, 9.17) is 4.42 Å². The lowest BCUT2D eigenvalue weighted by molar-refractivity contribution is 0.0563. The summed E-state index contributed by atoms with van der Waals surface area (Å²) in [6.07, 6.45) is 13.9. The second-order valence-electron chi connectivity index (χ2n) is 7.31. The Morgan fingerprint density at radius 1 is 1.05 bits per heavy atom. The largest absolute Gasteiger partial charge is 0.448 e. The second-order valence-corrected chi connectivity index (χ2v) is 7.31. The van der Waals surface area contributed by atoms with Crippen molar-refractivity contribution in [2.24, 2.45) is 5.92 Å². The first-order valence-electron chi connectivity index (χ1n) is 9.09. The van der Waals surface area contributed by atoms with Crippen LogP contribution in [0.4, 0.5) is 0 Å². The molecule has 1 aromatic heterocycles. The monoisotopic (exact) mass is 302 g/mol. The number of amides is 1. The van der Waals surface area contributed by atoms with Crippen molar-refractivity contribution >= 4 is 5.91 Å². The fourth-order valence-corrected chi connectivity index (χ4v) is 4.42. The van der Waals surface area contributed by atoms with Crippen LogP contribution in [0.1, 0.15) is 86.5 Å². The van der Waals surface area contributed by atoms with E-state index < -0.39 is 0 Å². The number of aromatic nitrogens is 1. The molecule has 0 radical (unpaired) electrons. The lowest BCUT2D eigenvalue weighted by atomic mass is 9.81. The Morgan fingerprint density at radius 2 is 1.82 bits per heavy atom. The van der Waals surface area contributed by atoms with Gasteiger partial charge in [0.05, 0.1) is 0 Å². The van der Waals surface area contributed by atoms with Gasteiger partial charge in [0.15, 0.2) is 11.6 Å². The van der Waals surface area contributed by atoms with Gasteiger partial charge in [0.25, 0.3) is 5.91 Å². The van der Waals surface area contributed by atoms with Crippen LogP contribution in [0.25, 0.3) is 0 Å². The first-order valence-corrected chi connectivity index (χ1v) is 9.09. The molecule has 1 aromatic rings. The molecular formula is C18H26N2O2. The molecule has 1 aliphatic heterocycles. The summed E-state index contributed by atoms with van der Waals surface area (Å²) in [5.41, 5.74) is 0.535. The highest BCUT2D eigenvalue weighted by molar-refractivity contribution is 5.92. The van der Waals surface area contributed by atoms with Crippen LogP contribution in [-0.4, -0.2) is 28.4 Å². The summed E-state index contributed by atoms with van der Waals surface area (Å²) < 4.78 is 5.59. The minimum absolute atomic E-state index is 0.105. The second kappa shape index (κ2) is 6.05. The Labute approximate surface area is 132 Å². The van der Waals surface area contributed by atoms with E-state index in [0.717, 1.165) is 31.7 Å². The zero-order chi connectivity index (χ0) is 14.9. The quantitative estimate of drug-likeness (QED) is 0.825. The highest BCUT2D eigenvalue weighted by atomic mass is 16.3. The molecule has 2 heterocycles. The lowest BCUT2D eigenvalue weighted by Gasteiger charge is -2.37. The minimum Gasteiger partial charge on any atom is -0.448 e. The van der Waals surface area contributed by atoms with E-state index in [9.17, 15) is 4.79 Å². The van der Waals surface area contributed by atoms with E-state index in [0.29, 0.717) is 23.6 Å². The standard InChI is InChI=1S/C18H26N2O2/c21-18(15-12-22-17(19-15)14-8-5-9-14)20-11-4-3-7-13-6-1-2-10-16(13)20/h12-14,16H,1-11H2/t13-,16+/m1/s1. The van der Waals surface area contributed by atoms with Crippen LogP contribution in [-0.2, 0) is 0 Å². The topological polar surface area (TPSA) is 46.3 Å². The molecule has 3 aliphatic rings. The SMILES string of the molecule is O=C(c1coc(C2CCC2)n1)N1CCCC[C@H]2CCCC[C@@H]21. The summed E-state index contributed by atoms with van der Waals surface area (Å²) in [4.78, 5) is 19.6. The van der Waals surface area contributed by atoms with Crippen LogP contribution in [0.2, 0.25) is 0 Å². The molecule has 4 rings (SSSR count). The van der Waals surface area contributed by atoms with Gasteiger partial charge in [0.1, 0.15) is 6.26 Å². The third kappa shape index (κ3) is 2.57. The number of likely N-dealkylation sites (tertiary alicyclic amines) is 1. The minimum atomic E-state index is 0.105. The van der Waals surface area contributed by atoms with Crippen molar-refractivity contribution in [3.8, 4) is 0 Å². The molecule has 22 heavy (non-hydrogen) atoms. The molecule has 4 nitrogen and oxygen atoms in total. The molecule has 0 N–H and O–H groups in total. The molecule has 2 saturated carbocycles. The Hall–Kier alpha value is -1.32. The highest BCUT2D eigenvalue weighted by Gasteiger charge is 2.36. The van der Waals surface area contributed by atoms with E-state index in [2.05, 4.69) is 9.88 Å². The normalized spacial score (nSPS) is 29.5. The molecular weight excluding hydrogens is 276 g/mol. The van der Waals surface area contributed by atoms with Gasteiger partial charge in [-0.25, -0.2) is 4.98 Å². The van der Waals surface area contributed by atoms with Gasteiger partial charge < -0.3 is 9.32 Å². The fraction of sp³-hybridized carbons (Fsp3) is 0.778. The van der Waals surface area contributed by atoms with Gasteiger partial charge in [0.2, 0.25) is 0 Å². The average Bonchev–Trinajstić information content (AvgIpc) is 2.85. The van der Waals surface area contributed by atoms with Crippen molar-refractivity contribution in [1.29, 1.82) is 0 Å². The van der Waals surface area contributed by atoms with Crippen LogP contribution in [0.15, 0.2) is 10.7 Å². The van der Waals surface area contributed by atoms with Crippen molar-refractivity contribution in [1.82, 2.24) is 9.88 Å². The first-order chi connectivity index (χ1) is 10.8. The number of fused-ring (bicyclic) bond motifs is 1. The number of hydrogen-bond donors (Lipinski definition) is 0. The van der Waals surface area contributed by atoms with Crippen LogP contribution in [0, 0.1) is 5.92 Å². The number of oxazole rings is 1. The van der Waals surface area contributed by atoms with Gasteiger partial charge in [0, 0.05) is 18.5 Å². The Bertz CT molecular complexity index is 535. The van der Waals surface area contributed by atoms with Crippen LogP contribution in [0.3, 0.4) is 0 Å². The summed E-state index contributed by atoms with van der Waals surface area (Å²) in [5, 5.41) is 0. The van der Waals surface area contributed by atoms with Crippen molar-refractivity contribution in [2.45, 2.75) is 76.2 Å². The Kier molecular flexibility index (Phi) is 3.93. The Balaban J connectivity index is 1.53. The number of hydrogen-bond acceptors (Lipinski definition) is 3. The number of rotatable bonds is 2. The summed E-state index contributed by atoms with van der Waals surface area (Å²) in [6, 6.07) is 0.438. The van der Waals surface area contributed by atoms with Crippen LogP contribution in [0.5, 0.6) is 0 Å². The van der Waals surface area contributed by atoms with Gasteiger partial charge in [-0.2, -0.15) is 0 Å². The average molecular weight is 302 g/mol. The number of nitrogens with zero attached hydrogens (tertiary/aromatic N) is 2. The molecule has 0 spiro atoms. The molecule has 0 unspecified atom stereocenters. The maximum absolute atomic E-state index is 13.0. The van der Waals surface area contributed by atoms with E-state index in [1.165, 1.54) is 44.9 Å². The Morgan fingerprint density at radius 3 is 2.59 bits per heavy atom. The van der Waals surface area contributed by atoms with Crippen LogP contribution >= 0.6 is 0 Å². The molecule has 2 atom stereocenters. The maximum Gasteiger partial charge on any atom is 0.276 e. The van der Waals surface area contributed by atoms with Crippen LogP contribution < -0.4 is 0 Å². The first kappa shape index (κ1) is 14.3. The zero-order valence-corrected chi connectivity index (χ0v) is 13.3. The number of carbonyl (C=O) groups excluding carboxylic acids is 1. The predicted molar refractivity (Wildman–Crippen MR) is 83.7 cm³/mol. The van der Waals surface area contributed by atoms with Crippen molar-refractivity contribution in [3.05, 3.63) is 17.8 Å². The summed E-state index contributed by atoms with van der Waals surface area (Å²) in [5.74, 6) is 2.05. The van der Waals surface area contributed by atoms with Crippen molar-refractivity contribution in [3.63, 3.8) is 0 Å². The molecule has 1 amide bonds. The van der Waals surface area contributed by atoms with E-state index in [1.807, 2.05) is 0 Å². The van der Waals surface area contributed by atoms with E-state index in [-0.39, 0.29) is 5.91 Å².